The summed E-state index contributed by atoms with van der Waals surface area (Å²) in [6, 6.07) is 7.41. The Morgan fingerprint density at radius 3 is 2.89 bits per heavy atom. The Morgan fingerprint density at radius 2 is 2.15 bits per heavy atom. The predicted molar refractivity (Wildman–Crippen MR) is 102 cm³/mol. The van der Waals surface area contributed by atoms with Crippen molar-refractivity contribution >= 4 is 11.8 Å². The normalized spacial score (nSPS) is 34.1. The van der Waals surface area contributed by atoms with Gasteiger partial charge in [0, 0.05) is 31.3 Å². The van der Waals surface area contributed by atoms with Gasteiger partial charge in [-0.05, 0) is 50.9 Å². The number of ether oxygens (including phenoxy) is 1. The lowest BCUT2D eigenvalue weighted by molar-refractivity contribution is -0.167. The van der Waals surface area contributed by atoms with Gasteiger partial charge in [-0.2, -0.15) is 0 Å². The van der Waals surface area contributed by atoms with Crippen LogP contribution in [0.1, 0.15) is 43.0 Å². The molecule has 5 rings (SSSR count). The van der Waals surface area contributed by atoms with Gasteiger partial charge in [0.2, 0.25) is 5.91 Å². The Kier molecular flexibility index (Phi) is 4.41. The molecule has 0 radical (unpaired) electrons. The average molecular weight is 371 g/mol. The second-order valence-corrected chi connectivity index (χ2v) is 8.89. The van der Waals surface area contributed by atoms with Crippen LogP contribution in [-0.2, 0) is 4.79 Å². The Morgan fingerprint density at radius 1 is 1.37 bits per heavy atom. The fourth-order valence-electron chi connectivity index (χ4n) is 5.18. The Labute approximate surface area is 160 Å². The van der Waals surface area contributed by atoms with E-state index in [4.69, 9.17) is 4.74 Å². The van der Waals surface area contributed by atoms with Gasteiger partial charge in [0.05, 0.1) is 5.56 Å². The number of amides is 2. The Balaban J connectivity index is 1.53. The van der Waals surface area contributed by atoms with Gasteiger partial charge in [0.15, 0.2) is 5.72 Å². The number of hydrogen-bond donors (Lipinski definition) is 2. The van der Waals surface area contributed by atoms with E-state index in [1.165, 1.54) is 0 Å². The molecule has 6 heteroatoms. The summed E-state index contributed by atoms with van der Waals surface area (Å²) in [5.41, 5.74) is -0.261. The summed E-state index contributed by atoms with van der Waals surface area (Å²) in [6.07, 6.45) is 3.40. The average Bonchev–Trinajstić information content (AvgIpc) is 2.60. The smallest absolute Gasteiger partial charge is 0.258 e. The van der Waals surface area contributed by atoms with Crippen LogP contribution in [0.3, 0.4) is 0 Å². The first-order chi connectivity index (χ1) is 12.8. The van der Waals surface area contributed by atoms with Crippen molar-refractivity contribution < 1.29 is 14.3 Å². The van der Waals surface area contributed by atoms with Gasteiger partial charge in [0.25, 0.3) is 5.91 Å². The van der Waals surface area contributed by atoms with Crippen molar-refractivity contribution in [3.8, 4) is 5.75 Å². The van der Waals surface area contributed by atoms with Gasteiger partial charge >= 0.3 is 0 Å². The molecule has 0 unspecified atom stereocenters. The maximum absolute atomic E-state index is 12.9. The first kappa shape index (κ1) is 18.3. The minimum absolute atomic E-state index is 0.0262. The molecule has 27 heavy (non-hydrogen) atoms. The molecule has 2 amide bonds. The molecule has 4 atom stereocenters. The van der Waals surface area contributed by atoms with Crippen LogP contribution in [0.5, 0.6) is 5.75 Å². The fourth-order valence-corrected chi connectivity index (χ4v) is 5.18. The van der Waals surface area contributed by atoms with Crippen molar-refractivity contribution in [2.75, 3.05) is 27.2 Å². The Hall–Kier alpha value is -2.08. The van der Waals surface area contributed by atoms with Gasteiger partial charge in [-0.25, -0.2) is 0 Å². The molecule has 3 saturated carbocycles. The van der Waals surface area contributed by atoms with E-state index in [2.05, 4.69) is 22.5 Å². The van der Waals surface area contributed by atoms with Crippen molar-refractivity contribution in [1.82, 2.24) is 15.5 Å². The number of nitrogens with one attached hydrogen (secondary N) is 2. The number of fused-ring (bicyclic) bond motifs is 3. The third-order valence-corrected chi connectivity index (χ3v) is 6.67. The van der Waals surface area contributed by atoms with Gasteiger partial charge < -0.3 is 20.3 Å². The monoisotopic (exact) mass is 371 g/mol. The zero-order valence-electron chi connectivity index (χ0n) is 16.4. The third-order valence-electron chi connectivity index (χ3n) is 6.67. The van der Waals surface area contributed by atoms with Crippen LogP contribution in [0, 0.1) is 17.3 Å². The Bertz CT molecular complexity index is 765. The number of rotatable bonds is 4. The highest BCUT2D eigenvalue weighted by molar-refractivity contribution is 5.98. The van der Waals surface area contributed by atoms with Crippen LogP contribution >= 0.6 is 0 Å². The lowest BCUT2D eigenvalue weighted by Crippen LogP contribution is -2.69. The van der Waals surface area contributed by atoms with E-state index in [9.17, 15) is 9.59 Å². The first-order valence-electron chi connectivity index (χ1n) is 9.86. The summed E-state index contributed by atoms with van der Waals surface area (Å²) in [5.74, 6) is 0.855. The third kappa shape index (κ3) is 3.10. The molecule has 1 aromatic rings. The molecule has 2 N–H and O–H groups in total. The molecule has 1 aromatic carbocycles. The van der Waals surface area contributed by atoms with Crippen LogP contribution < -0.4 is 15.4 Å². The van der Waals surface area contributed by atoms with Gasteiger partial charge in [0.1, 0.15) is 5.75 Å². The molecule has 1 aliphatic heterocycles. The molecule has 3 fully saturated rings. The van der Waals surface area contributed by atoms with Gasteiger partial charge in [-0.15, -0.1) is 0 Å². The molecule has 1 heterocycles. The number of para-hydroxylation sites is 1. The van der Waals surface area contributed by atoms with Crippen molar-refractivity contribution in [3.63, 3.8) is 0 Å². The lowest BCUT2D eigenvalue weighted by atomic mass is 9.52. The summed E-state index contributed by atoms with van der Waals surface area (Å²) < 4.78 is 6.40. The predicted octanol–water partition coefficient (Wildman–Crippen LogP) is 2.01. The highest BCUT2D eigenvalue weighted by Crippen LogP contribution is 2.58. The van der Waals surface area contributed by atoms with Crippen molar-refractivity contribution in [2.45, 2.75) is 38.3 Å². The van der Waals surface area contributed by atoms with Crippen LogP contribution in [-0.4, -0.2) is 49.6 Å². The van der Waals surface area contributed by atoms with Crippen LogP contribution in [0.4, 0.5) is 0 Å². The molecule has 0 aromatic heterocycles. The molecule has 146 valence electrons. The second-order valence-electron chi connectivity index (χ2n) is 8.89. The standard InChI is InChI=1S/C21H29N3O3/c1-20-9-8-14(12-16(20)19(26)22-10-11-24(2)3)21(13-20)23-18(25)15-6-4-5-7-17(15)27-21/h4-7,14,16H,8-13H2,1-3H3,(H,22,26)(H,23,25)/t14-,16-,20+,21-/m1/s1. The molecular weight excluding hydrogens is 342 g/mol. The summed E-state index contributed by atoms with van der Waals surface area (Å²) >= 11 is 0. The number of hydrogen-bond acceptors (Lipinski definition) is 4. The molecule has 4 aliphatic rings. The van der Waals surface area contributed by atoms with E-state index in [0.29, 0.717) is 24.3 Å². The number of carbonyl (C=O) groups excluding carboxylic acids is 2. The number of carbonyl (C=O) groups is 2. The van der Waals surface area contributed by atoms with Crippen LogP contribution in [0.25, 0.3) is 0 Å². The molecular formula is C21H29N3O3. The van der Waals surface area contributed by atoms with Crippen LogP contribution in [0.2, 0.25) is 0 Å². The molecule has 3 aliphatic carbocycles. The molecule has 6 nitrogen and oxygen atoms in total. The SMILES string of the molecule is CN(C)CCNC(=O)[C@H]1C[C@H]2CC[C@@]1(C)C[C@]21NC(=O)c2ccccc2O1. The molecule has 2 bridgehead atoms. The van der Waals surface area contributed by atoms with Crippen molar-refractivity contribution in [3.05, 3.63) is 29.8 Å². The summed E-state index contributed by atoms with van der Waals surface area (Å²) in [4.78, 5) is 27.6. The van der Waals surface area contributed by atoms with E-state index >= 15 is 0 Å². The fraction of sp³-hybridized carbons (Fsp3) is 0.619. The van der Waals surface area contributed by atoms with E-state index in [-0.39, 0.29) is 29.1 Å². The molecule has 0 saturated heterocycles. The largest absolute Gasteiger partial charge is 0.467 e. The minimum Gasteiger partial charge on any atom is -0.467 e. The summed E-state index contributed by atoms with van der Waals surface area (Å²) in [6.45, 7) is 3.67. The first-order valence-corrected chi connectivity index (χ1v) is 9.86. The highest BCUT2D eigenvalue weighted by Gasteiger charge is 2.61. The van der Waals surface area contributed by atoms with E-state index < -0.39 is 5.72 Å². The summed E-state index contributed by atoms with van der Waals surface area (Å²) in [7, 11) is 4.00. The zero-order chi connectivity index (χ0) is 19.2. The number of benzene rings is 1. The second kappa shape index (κ2) is 6.51. The van der Waals surface area contributed by atoms with E-state index in [0.717, 1.165) is 25.8 Å². The lowest BCUT2D eigenvalue weighted by Gasteiger charge is -2.59. The van der Waals surface area contributed by atoms with Crippen molar-refractivity contribution in [1.29, 1.82) is 0 Å². The zero-order valence-corrected chi connectivity index (χ0v) is 16.4. The summed E-state index contributed by atoms with van der Waals surface area (Å²) in [5, 5.41) is 6.26. The highest BCUT2D eigenvalue weighted by atomic mass is 16.5. The number of nitrogens with zero attached hydrogens (tertiary/aromatic N) is 1. The van der Waals surface area contributed by atoms with Crippen LogP contribution in [0.15, 0.2) is 24.3 Å². The molecule has 1 spiro atoms. The van der Waals surface area contributed by atoms with E-state index in [1.807, 2.05) is 32.3 Å². The number of likely N-dealkylation sites (N-methyl/N-ethyl adjacent to an activating group) is 1. The topological polar surface area (TPSA) is 70.7 Å². The van der Waals surface area contributed by atoms with Gasteiger partial charge in [-0.3, -0.25) is 9.59 Å². The van der Waals surface area contributed by atoms with Crippen molar-refractivity contribution in [2.24, 2.45) is 17.3 Å². The maximum atomic E-state index is 12.9. The van der Waals surface area contributed by atoms with E-state index in [1.54, 1.807) is 6.07 Å². The van der Waals surface area contributed by atoms with Gasteiger partial charge in [-0.1, -0.05) is 19.1 Å². The quantitative estimate of drug-likeness (QED) is 0.849. The maximum Gasteiger partial charge on any atom is 0.258 e. The minimum atomic E-state index is -0.682.